The number of ether oxygens (including phenoxy) is 2. The Hall–Kier alpha value is -2.08. The van der Waals surface area contributed by atoms with Crippen LogP contribution in [0.4, 0.5) is 0 Å². The Morgan fingerprint density at radius 2 is 1.71 bits per heavy atom. The molecule has 41 heavy (non-hydrogen) atoms. The summed E-state index contributed by atoms with van der Waals surface area (Å²) in [6.45, 7) is 17.8. The van der Waals surface area contributed by atoms with Gasteiger partial charge in [-0.15, -0.1) is 0 Å². The van der Waals surface area contributed by atoms with Crippen LogP contribution in [0.1, 0.15) is 107 Å². The van der Waals surface area contributed by atoms with Crippen LogP contribution in [0.15, 0.2) is 16.7 Å². The van der Waals surface area contributed by atoms with Crippen LogP contribution >= 0.6 is 0 Å². The lowest BCUT2D eigenvalue weighted by Crippen LogP contribution is -2.52. The molecule has 1 amide bonds. The molecule has 242 valence electrons. The van der Waals surface area contributed by atoms with Crippen molar-refractivity contribution in [3.63, 3.8) is 0 Å². The molecule has 0 aromatic heterocycles. The SMILES string of the molecule is C/C(O)=C(\C)OC=O.CCC.CCC[C@H]1C[C@@H](C(=O)N[C@H](CC)[C@H](C)O[C@H](CCC)[C@H](O)[C@@H](N=O)[C@H](C)O)N(C)C1. The normalized spacial score (nSPS) is 21.8. The summed E-state index contributed by atoms with van der Waals surface area (Å²) in [5, 5.41) is 34.9. The number of allylic oxidation sites excluding steroid dienone is 2. The average molecular weight is 590 g/mol. The van der Waals surface area contributed by atoms with Gasteiger partial charge in [-0.1, -0.05) is 59.1 Å². The first-order chi connectivity index (χ1) is 19.3. The van der Waals surface area contributed by atoms with Crippen LogP contribution in [-0.2, 0) is 19.1 Å². The van der Waals surface area contributed by atoms with Crippen molar-refractivity contribution in [2.24, 2.45) is 11.1 Å². The zero-order valence-electron chi connectivity index (χ0n) is 27.1. The third-order valence-electron chi connectivity index (χ3n) is 7.01. The summed E-state index contributed by atoms with van der Waals surface area (Å²) in [6, 6.07) is -1.48. The molecule has 1 heterocycles. The highest BCUT2D eigenvalue weighted by Crippen LogP contribution is 2.26. The molecular formula is C30H59N3O8. The van der Waals surface area contributed by atoms with Crippen molar-refractivity contribution in [1.82, 2.24) is 10.2 Å². The molecule has 0 spiro atoms. The van der Waals surface area contributed by atoms with Crippen LogP contribution in [-0.4, -0.2) is 88.7 Å². The Labute approximate surface area is 248 Å². The Kier molecular flexibility index (Phi) is 23.5. The predicted molar refractivity (Wildman–Crippen MR) is 162 cm³/mol. The van der Waals surface area contributed by atoms with Gasteiger partial charge in [-0.3, -0.25) is 14.5 Å². The van der Waals surface area contributed by atoms with Crippen LogP contribution in [0.2, 0.25) is 0 Å². The van der Waals surface area contributed by atoms with E-state index in [2.05, 4.69) is 40.9 Å². The second-order valence-electron chi connectivity index (χ2n) is 10.9. The molecule has 0 aliphatic carbocycles. The summed E-state index contributed by atoms with van der Waals surface area (Å²) < 4.78 is 10.4. The summed E-state index contributed by atoms with van der Waals surface area (Å²) in [7, 11) is 2.00. The first kappa shape index (κ1) is 41.1. The molecule has 1 aliphatic rings. The van der Waals surface area contributed by atoms with E-state index in [9.17, 15) is 24.7 Å². The summed E-state index contributed by atoms with van der Waals surface area (Å²) >= 11 is 0. The molecule has 0 aromatic carbocycles. The lowest BCUT2D eigenvalue weighted by molar-refractivity contribution is -0.130. The highest BCUT2D eigenvalue weighted by Gasteiger charge is 2.37. The summed E-state index contributed by atoms with van der Waals surface area (Å²) in [4.78, 5) is 35.7. The zero-order chi connectivity index (χ0) is 32.1. The second kappa shape index (κ2) is 23.5. The maximum Gasteiger partial charge on any atom is 0.298 e. The molecule has 0 unspecified atom stereocenters. The van der Waals surface area contributed by atoms with Crippen LogP contribution in [0, 0.1) is 10.8 Å². The summed E-state index contributed by atoms with van der Waals surface area (Å²) in [5.74, 6) is 0.835. The molecule has 0 bridgehead atoms. The van der Waals surface area contributed by atoms with Crippen molar-refractivity contribution in [2.45, 2.75) is 150 Å². The number of hydrogen-bond acceptors (Lipinski definition) is 10. The van der Waals surface area contributed by atoms with E-state index >= 15 is 0 Å². The number of likely N-dealkylation sites (N-methyl/N-ethyl adjacent to an activating group) is 1. The molecule has 4 N–H and O–H groups in total. The fourth-order valence-corrected chi connectivity index (χ4v) is 4.65. The van der Waals surface area contributed by atoms with Gasteiger partial charge in [0.15, 0.2) is 0 Å². The first-order valence-corrected chi connectivity index (χ1v) is 15.1. The molecule has 0 radical (unpaired) electrons. The van der Waals surface area contributed by atoms with Gasteiger partial charge < -0.3 is 30.1 Å². The Balaban J connectivity index is 0. The van der Waals surface area contributed by atoms with Gasteiger partial charge in [-0.05, 0) is 66.3 Å². The fourth-order valence-electron chi connectivity index (χ4n) is 4.65. The van der Waals surface area contributed by atoms with E-state index in [-0.39, 0.29) is 42.1 Å². The molecule has 1 saturated heterocycles. The number of nitroso groups, excluding NO2 is 1. The number of carbonyl (C=O) groups excluding carboxylic acids is 2. The topological polar surface area (TPSA) is 158 Å². The van der Waals surface area contributed by atoms with Crippen molar-refractivity contribution >= 4 is 12.4 Å². The van der Waals surface area contributed by atoms with E-state index in [1.165, 1.54) is 27.2 Å². The number of aliphatic hydroxyl groups is 3. The maximum absolute atomic E-state index is 12.9. The number of likely N-dealkylation sites (tertiary alicyclic amines) is 1. The highest BCUT2D eigenvalue weighted by molar-refractivity contribution is 5.82. The third kappa shape index (κ3) is 16.2. The van der Waals surface area contributed by atoms with Gasteiger partial charge in [0.1, 0.15) is 23.7 Å². The van der Waals surface area contributed by atoms with Crippen LogP contribution in [0.25, 0.3) is 0 Å². The Morgan fingerprint density at radius 3 is 2.10 bits per heavy atom. The lowest BCUT2D eigenvalue weighted by Gasteiger charge is -2.33. The Morgan fingerprint density at radius 1 is 1.12 bits per heavy atom. The van der Waals surface area contributed by atoms with E-state index < -0.39 is 24.4 Å². The number of hydrogen-bond donors (Lipinski definition) is 4. The minimum atomic E-state index is -1.20. The molecule has 1 rings (SSSR count). The number of nitrogens with one attached hydrogen (secondary N) is 1. The predicted octanol–water partition coefficient (Wildman–Crippen LogP) is 4.84. The summed E-state index contributed by atoms with van der Waals surface area (Å²) in [5.41, 5.74) is 0. The van der Waals surface area contributed by atoms with Gasteiger partial charge in [0.25, 0.3) is 6.47 Å². The minimum absolute atomic E-state index is 0.0161. The van der Waals surface area contributed by atoms with Crippen LogP contribution in [0.5, 0.6) is 0 Å². The number of nitrogens with zero attached hydrogens (tertiary/aromatic N) is 2. The molecule has 11 nitrogen and oxygen atoms in total. The van der Waals surface area contributed by atoms with E-state index in [1.54, 1.807) is 0 Å². The van der Waals surface area contributed by atoms with Gasteiger partial charge in [0.05, 0.1) is 30.4 Å². The molecular weight excluding hydrogens is 530 g/mol. The van der Waals surface area contributed by atoms with Crippen molar-refractivity contribution in [2.75, 3.05) is 13.6 Å². The van der Waals surface area contributed by atoms with Crippen molar-refractivity contribution in [3.05, 3.63) is 16.4 Å². The smallest absolute Gasteiger partial charge is 0.298 e. The quantitative estimate of drug-likeness (QED) is 0.112. The van der Waals surface area contributed by atoms with Crippen molar-refractivity contribution in [1.29, 1.82) is 0 Å². The van der Waals surface area contributed by atoms with E-state index in [4.69, 9.17) is 9.84 Å². The molecule has 1 aliphatic heterocycles. The molecule has 0 saturated carbocycles. The average Bonchev–Trinajstić information content (AvgIpc) is 3.28. The lowest BCUT2D eigenvalue weighted by atomic mass is 9.98. The third-order valence-corrected chi connectivity index (χ3v) is 7.01. The van der Waals surface area contributed by atoms with Gasteiger partial charge in [0.2, 0.25) is 5.91 Å². The number of aliphatic hydroxyl groups excluding tert-OH is 3. The summed E-state index contributed by atoms with van der Waals surface area (Å²) in [6.07, 6.45) is 3.08. The number of rotatable bonds is 16. The number of amides is 1. The first-order valence-electron chi connectivity index (χ1n) is 15.1. The molecule has 8 atom stereocenters. The van der Waals surface area contributed by atoms with Crippen LogP contribution < -0.4 is 5.32 Å². The van der Waals surface area contributed by atoms with Crippen LogP contribution in [0.3, 0.4) is 0 Å². The molecule has 1 fully saturated rings. The monoisotopic (exact) mass is 589 g/mol. The van der Waals surface area contributed by atoms with Gasteiger partial charge in [-0.25, -0.2) is 0 Å². The van der Waals surface area contributed by atoms with Gasteiger partial charge in [0, 0.05) is 6.54 Å². The molecule has 11 heteroatoms. The standard InChI is InChI=1S/C22H43N3O5.C5H8O3.C3H8/c1-7-10-16-12-18(25(6)13-16)22(28)23-17(9-3)15(5)30-19(11-8-2)21(27)20(24-29)14(4)26;1-4(7)5(2)8-3-6;1-3-2/h14-21,26-27H,7-13H2,1-6H3,(H,23,28);3,7H,1-2H3;3H2,1-2H3/b;5-4-;/t14-,15-,16-,17+,18-,19+,20-,21-;;/m0../s1. The maximum atomic E-state index is 12.9. The van der Waals surface area contributed by atoms with Crippen molar-refractivity contribution in [3.8, 4) is 0 Å². The fraction of sp³-hybridized carbons (Fsp3) is 0.867. The number of carbonyl (C=O) groups is 2. The van der Waals surface area contributed by atoms with E-state index in [1.807, 2.05) is 27.8 Å². The van der Waals surface area contributed by atoms with Crippen molar-refractivity contribution < 1.29 is 34.4 Å². The van der Waals surface area contributed by atoms with Gasteiger partial charge in [-0.2, -0.15) is 4.91 Å². The zero-order valence-corrected chi connectivity index (χ0v) is 27.1. The van der Waals surface area contributed by atoms with E-state index in [0.29, 0.717) is 18.8 Å². The van der Waals surface area contributed by atoms with Gasteiger partial charge >= 0.3 is 0 Å². The second-order valence-corrected chi connectivity index (χ2v) is 10.9. The molecule has 0 aromatic rings. The van der Waals surface area contributed by atoms with E-state index in [0.717, 1.165) is 32.2 Å². The Bertz CT molecular complexity index is 745. The largest absolute Gasteiger partial charge is 0.509 e. The highest BCUT2D eigenvalue weighted by atomic mass is 16.5. The minimum Gasteiger partial charge on any atom is -0.509 e.